The number of imidazole rings is 1. The van der Waals surface area contributed by atoms with Crippen LogP contribution in [0.2, 0.25) is 0 Å². The minimum absolute atomic E-state index is 0.0260. The summed E-state index contributed by atoms with van der Waals surface area (Å²) in [5.74, 6) is 0.140. The summed E-state index contributed by atoms with van der Waals surface area (Å²) in [5, 5.41) is 0. The number of hydrogen-bond donors (Lipinski definition) is 0. The Morgan fingerprint density at radius 3 is 2.87 bits per heavy atom. The molecule has 30 heavy (non-hydrogen) atoms. The van der Waals surface area contributed by atoms with Crippen molar-refractivity contribution in [2.24, 2.45) is 0 Å². The summed E-state index contributed by atoms with van der Waals surface area (Å²) < 4.78 is 21.1. The van der Waals surface area contributed by atoms with Gasteiger partial charge >= 0.3 is 0 Å². The first-order valence-electron chi connectivity index (χ1n) is 10.5. The molecule has 0 aliphatic carbocycles. The second-order valence-corrected chi connectivity index (χ2v) is 7.89. The number of aromatic nitrogens is 3. The Morgan fingerprint density at radius 2 is 2.07 bits per heavy atom. The van der Waals surface area contributed by atoms with E-state index in [9.17, 15) is 9.18 Å². The van der Waals surface area contributed by atoms with E-state index in [1.165, 1.54) is 12.3 Å². The van der Waals surface area contributed by atoms with Crippen molar-refractivity contribution in [3.63, 3.8) is 0 Å². The molecule has 1 amide bonds. The quantitative estimate of drug-likeness (QED) is 0.635. The molecule has 4 heterocycles. The molecule has 7 heteroatoms. The van der Waals surface area contributed by atoms with Crippen LogP contribution in [0.3, 0.4) is 0 Å². The summed E-state index contributed by atoms with van der Waals surface area (Å²) >= 11 is 0. The van der Waals surface area contributed by atoms with Gasteiger partial charge in [-0.1, -0.05) is 0 Å². The first kappa shape index (κ1) is 20.3. The number of amides is 1. The Balaban J connectivity index is 1.62. The summed E-state index contributed by atoms with van der Waals surface area (Å²) in [5.41, 5.74) is 3.56. The van der Waals surface area contributed by atoms with Gasteiger partial charge in [-0.3, -0.25) is 4.79 Å². The maximum Gasteiger partial charge on any atom is 0.276 e. The van der Waals surface area contributed by atoms with Crippen molar-refractivity contribution < 1.29 is 13.9 Å². The Labute approximate surface area is 175 Å². The molecular formula is C23H27FN4O2. The number of carbonyl (C=O) groups is 1. The second-order valence-electron chi connectivity index (χ2n) is 7.89. The minimum Gasteiger partial charge on any atom is -0.491 e. The van der Waals surface area contributed by atoms with Crippen LogP contribution in [-0.2, 0) is 6.42 Å². The normalized spacial score (nSPS) is 16.8. The second kappa shape index (κ2) is 8.42. The molecule has 158 valence electrons. The monoisotopic (exact) mass is 410 g/mol. The van der Waals surface area contributed by atoms with Crippen molar-refractivity contribution in [2.45, 2.75) is 52.5 Å². The molecule has 0 N–H and O–H groups in total. The third-order valence-electron chi connectivity index (χ3n) is 5.58. The van der Waals surface area contributed by atoms with Crippen LogP contribution in [0.4, 0.5) is 4.39 Å². The van der Waals surface area contributed by atoms with Crippen LogP contribution in [0.25, 0.3) is 5.65 Å². The highest BCUT2D eigenvalue weighted by Crippen LogP contribution is 2.26. The first-order chi connectivity index (χ1) is 14.5. The predicted octanol–water partition coefficient (Wildman–Crippen LogP) is 4.12. The van der Waals surface area contributed by atoms with E-state index in [4.69, 9.17) is 9.72 Å². The van der Waals surface area contributed by atoms with E-state index in [2.05, 4.69) is 4.98 Å². The summed E-state index contributed by atoms with van der Waals surface area (Å²) in [6, 6.07) is 5.19. The molecular weight excluding hydrogens is 383 g/mol. The van der Waals surface area contributed by atoms with Crippen molar-refractivity contribution in [2.75, 3.05) is 13.2 Å². The van der Waals surface area contributed by atoms with Crippen LogP contribution < -0.4 is 4.74 Å². The molecule has 3 aromatic rings. The molecule has 1 atom stereocenters. The fourth-order valence-electron chi connectivity index (χ4n) is 4.20. The smallest absolute Gasteiger partial charge is 0.276 e. The number of aryl methyl sites for hydroxylation is 2. The average molecular weight is 410 g/mol. The number of halogens is 1. The Kier molecular flexibility index (Phi) is 5.70. The molecule has 1 aliphatic heterocycles. The topological polar surface area (TPSA) is 59.7 Å². The van der Waals surface area contributed by atoms with E-state index in [-0.39, 0.29) is 17.8 Å². The lowest BCUT2D eigenvalue weighted by Crippen LogP contribution is -2.45. The number of rotatable bonds is 5. The molecule has 0 saturated carbocycles. The van der Waals surface area contributed by atoms with Gasteiger partial charge in [0.15, 0.2) is 11.4 Å². The van der Waals surface area contributed by atoms with E-state index in [1.54, 1.807) is 4.40 Å². The van der Waals surface area contributed by atoms with Crippen LogP contribution in [0, 0.1) is 19.7 Å². The molecule has 3 aromatic heterocycles. The highest BCUT2D eigenvalue weighted by Gasteiger charge is 2.31. The maximum atomic E-state index is 13.7. The van der Waals surface area contributed by atoms with E-state index < -0.39 is 0 Å². The zero-order valence-electron chi connectivity index (χ0n) is 17.7. The molecule has 4 rings (SSSR count). The highest BCUT2D eigenvalue weighted by atomic mass is 19.1. The number of ether oxygens (including phenoxy) is 1. The van der Waals surface area contributed by atoms with Gasteiger partial charge in [-0.2, -0.15) is 0 Å². The number of pyridine rings is 2. The standard InChI is InChI=1S/C23H27FN4O2/c1-4-30-20-9-8-16(3)25-21(20)23(29)28-10-6-5-7-19(28)12-18-14-27-13-17(24)11-15(2)22(27)26-18/h8-9,11,13-14,19H,4-7,10,12H2,1-3H3/t19-/m0/s1. The predicted molar refractivity (Wildman–Crippen MR) is 112 cm³/mol. The van der Waals surface area contributed by atoms with Crippen LogP contribution >= 0.6 is 0 Å². The van der Waals surface area contributed by atoms with Crippen LogP contribution in [0.1, 0.15) is 53.6 Å². The number of piperidine rings is 1. The van der Waals surface area contributed by atoms with Gasteiger partial charge in [0, 0.05) is 37.1 Å². The first-order valence-corrected chi connectivity index (χ1v) is 10.5. The molecule has 0 radical (unpaired) electrons. The van der Waals surface area contributed by atoms with Crippen molar-refractivity contribution >= 4 is 11.6 Å². The zero-order chi connectivity index (χ0) is 21.3. The van der Waals surface area contributed by atoms with E-state index in [0.29, 0.717) is 31.0 Å². The van der Waals surface area contributed by atoms with Crippen LogP contribution in [0.5, 0.6) is 5.75 Å². The van der Waals surface area contributed by atoms with Gasteiger partial charge in [-0.25, -0.2) is 14.4 Å². The van der Waals surface area contributed by atoms with Crippen molar-refractivity contribution in [1.29, 1.82) is 0 Å². The van der Waals surface area contributed by atoms with Crippen molar-refractivity contribution in [3.8, 4) is 5.75 Å². The molecule has 0 unspecified atom stereocenters. The van der Waals surface area contributed by atoms with Crippen molar-refractivity contribution in [3.05, 3.63) is 59.1 Å². The highest BCUT2D eigenvalue weighted by molar-refractivity contribution is 5.95. The lowest BCUT2D eigenvalue weighted by atomic mass is 9.97. The van der Waals surface area contributed by atoms with Crippen LogP contribution in [-0.4, -0.2) is 44.4 Å². The third kappa shape index (κ3) is 4.01. The Hall–Kier alpha value is -2.96. The van der Waals surface area contributed by atoms with Gasteiger partial charge in [-0.15, -0.1) is 0 Å². The number of hydrogen-bond acceptors (Lipinski definition) is 4. The van der Waals surface area contributed by atoms with Crippen molar-refractivity contribution in [1.82, 2.24) is 19.3 Å². The Morgan fingerprint density at radius 1 is 1.23 bits per heavy atom. The lowest BCUT2D eigenvalue weighted by Gasteiger charge is -2.35. The van der Waals surface area contributed by atoms with Gasteiger partial charge in [0.05, 0.1) is 12.3 Å². The van der Waals surface area contributed by atoms with E-state index in [0.717, 1.165) is 41.9 Å². The molecule has 0 aromatic carbocycles. The molecule has 1 saturated heterocycles. The number of likely N-dealkylation sites (tertiary alicyclic amines) is 1. The number of nitrogens with zero attached hydrogens (tertiary/aromatic N) is 4. The zero-order valence-corrected chi connectivity index (χ0v) is 17.7. The van der Waals surface area contributed by atoms with Crippen LogP contribution in [0.15, 0.2) is 30.6 Å². The van der Waals surface area contributed by atoms with Gasteiger partial charge < -0.3 is 14.0 Å². The summed E-state index contributed by atoms with van der Waals surface area (Å²) in [4.78, 5) is 24.5. The average Bonchev–Trinajstić information content (AvgIpc) is 3.12. The van der Waals surface area contributed by atoms with Gasteiger partial charge in [0.25, 0.3) is 5.91 Å². The largest absolute Gasteiger partial charge is 0.491 e. The molecule has 6 nitrogen and oxygen atoms in total. The Bertz CT molecular complexity index is 1080. The number of fused-ring (bicyclic) bond motifs is 1. The summed E-state index contributed by atoms with van der Waals surface area (Å²) in [6.45, 7) is 6.78. The van der Waals surface area contributed by atoms with Gasteiger partial charge in [-0.05, 0) is 63.8 Å². The van der Waals surface area contributed by atoms with Gasteiger partial charge in [0.2, 0.25) is 0 Å². The molecule has 1 fully saturated rings. The summed E-state index contributed by atoms with van der Waals surface area (Å²) in [7, 11) is 0. The minimum atomic E-state index is -0.285. The lowest BCUT2D eigenvalue weighted by molar-refractivity contribution is 0.0601. The SMILES string of the molecule is CCOc1ccc(C)nc1C(=O)N1CCCC[C@H]1Cc1cn2cc(F)cc(C)c2n1. The summed E-state index contributed by atoms with van der Waals surface area (Å²) in [6.07, 6.45) is 6.86. The number of carbonyl (C=O) groups excluding carboxylic acids is 1. The van der Waals surface area contributed by atoms with E-state index in [1.807, 2.05) is 44.0 Å². The molecule has 1 aliphatic rings. The maximum absolute atomic E-state index is 13.7. The fraction of sp³-hybridized carbons (Fsp3) is 0.435. The molecule has 0 spiro atoms. The van der Waals surface area contributed by atoms with E-state index >= 15 is 0 Å². The van der Waals surface area contributed by atoms with Gasteiger partial charge in [0.1, 0.15) is 11.5 Å². The third-order valence-corrected chi connectivity index (χ3v) is 5.58. The molecule has 0 bridgehead atoms. The fourth-order valence-corrected chi connectivity index (χ4v) is 4.20.